The molecule has 0 amide bonds. The van der Waals surface area contributed by atoms with Crippen LogP contribution in [0.1, 0.15) is 45.0 Å². The highest BCUT2D eigenvalue weighted by Gasteiger charge is 2.54. The van der Waals surface area contributed by atoms with Gasteiger partial charge in [0.25, 0.3) is 0 Å². The summed E-state index contributed by atoms with van der Waals surface area (Å²) in [5, 5.41) is 23.9. The molecule has 126 heavy (non-hydrogen) atoms. The number of hydrogen-bond acceptors (Lipinski definition) is 6. The molecular weight excluding hydrogens is 1530 g/mol. The summed E-state index contributed by atoms with van der Waals surface area (Å²) in [7, 11) is 0. The largest absolute Gasteiger partial charge is 0.309 e. The molecule has 0 fully saturated rings. The molecule has 21 aromatic carbocycles. The average Bonchev–Trinajstić information content (AvgIpc) is 1.51. The minimum atomic E-state index is -0.959. The number of benzene rings is 21. The molecule has 0 saturated carbocycles. The summed E-state index contributed by atoms with van der Waals surface area (Å²) >= 11 is 0. The zero-order chi connectivity index (χ0) is 82.7. The second-order valence-electron chi connectivity index (χ2n) is 33.2. The molecule has 4 aromatic heterocycles. The molecule has 2 aliphatic rings. The fraction of sp³-hybridized carbons (Fsp3) is 0.0169. The van der Waals surface area contributed by atoms with Gasteiger partial charge >= 0.3 is 0 Å². The Morgan fingerprint density at radius 1 is 0.198 bits per heavy atom. The fourth-order valence-corrected chi connectivity index (χ4v) is 21.8. The molecular formula is C118H72N8. The van der Waals surface area contributed by atoms with Gasteiger partial charge in [0, 0.05) is 43.9 Å². The first-order valence-corrected chi connectivity index (χ1v) is 43.2. The molecule has 25 aromatic rings. The van der Waals surface area contributed by atoms with Crippen molar-refractivity contribution < 1.29 is 0 Å². The normalized spacial score (nSPS) is 14.6. The van der Waals surface area contributed by atoms with E-state index in [1.165, 1.54) is 136 Å². The Labute approximate surface area is 724 Å². The Hall–Kier alpha value is -16.7. The van der Waals surface area contributed by atoms with Gasteiger partial charge in [-0.3, -0.25) is 4.57 Å². The summed E-state index contributed by atoms with van der Waals surface area (Å²) < 4.78 is 4.65. The minimum absolute atomic E-state index is 0.575. The van der Waals surface area contributed by atoms with E-state index in [1.807, 2.05) is 12.1 Å². The van der Waals surface area contributed by atoms with Crippen LogP contribution >= 0.6 is 0 Å². The van der Waals surface area contributed by atoms with Gasteiger partial charge in [0.15, 0.2) is 29.1 Å². The highest BCUT2D eigenvalue weighted by atomic mass is 15.2. The van der Waals surface area contributed by atoms with Crippen molar-refractivity contribution in [2.45, 2.75) is 10.8 Å². The lowest BCUT2D eigenvalue weighted by Crippen LogP contribution is -2.32. The highest BCUT2D eigenvalue weighted by Crippen LogP contribution is 2.64. The van der Waals surface area contributed by atoms with Gasteiger partial charge in [-0.05, 0) is 178 Å². The molecule has 0 aliphatic heterocycles. The van der Waals surface area contributed by atoms with Crippen molar-refractivity contribution in [3.8, 4) is 68.1 Å². The van der Waals surface area contributed by atoms with E-state index in [-0.39, 0.29) is 0 Å². The smallest absolute Gasteiger partial charge is 0.238 e. The predicted molar refractivity (Wildman–Crippen MR) is 519 cm³/mol. The molecule has 584 valence electrons. The van der Waals surface area contributed by atoms with Gasteiger partial charge < -0.3 is 4.57 Å². The molecule has 27 rings (SSSR count). The number of rotatable bonds is 9. The van der Waals surface area contributed by atoms with E-state index in [1.54, 1.807) is 0 Å². The zero-order valence-electron chi connectivity index (χ0n) is 68.1. The quantitative estimate of drug-likeness (QED) is 0.134. The lowest BCUT2D eigenvalue weighted by molar-refractivity contribution is 0.688. The fourth-order valence-electron chi connectivity index (χ4n) is 21.8. The van der Waals surface area contributed by atoms with Crippen LogP contribution < -0.4 is 0 Å². The van der Waals surface area contributed by atoms with Crippen LogP contribution in [0, 0.1) is 0 Å². The van der Waals surface area contributed by atoms with Crippen LogP contribution in [0.3, 0.4) is 0 Å². The molecule has 0 saturated heterocycles. The average molecular weight is 1600 g/mol. The van der Waals surface area contributed by atoms with E-state index in [0.717, 1.165) is 72.1 Å². The summed E-state index contributed by atoms with van der Waals surface area (Å²) in [5.41, 5.74) is 18.0. The second kappa shape index (κ2) is 27.9. The third-order valence-electron chi connectivity index (χ3n) is 26.9. The maximum atomic E-state index is 5.90. The molecule has 2 aliphatic carbocycles. The molecule has 0 N–H and O–H groups in total. The van der Waals surface area contributed by atoms with Gasteiger partial charge in [-0.15, -0.1) is 0 Å². The number of nitrogens with zero attached hydrogens (tertiary/aromatic N) is 8. The standard InChI is InChI=1S/C60H36N4.C58H36N4/c1-3-20-40(21-4-1)57-61-58(63-59(62-57)64-50-35-32-38-18-8-11-25-43(38)53(50)54-44-26-12-9-19-39(44)33-36-51(54)64)60(41-22-5-2-6-23-41)49-34-31-37-17-7-10-24-42(37)52(49)55-47-29-15-13-27-45(47)46-28-14-16-30-48(46)56(55)60;1-4-20-38(21-5-1)55-59-56(48-33-18-32-47-44-29-16-17-34-50(44)62(54(47)48)40-24-8-3-9-25-40)61-57(60-55)58(39-22-6-2-7-23-39)49-36-35-37-19-10-11-26-41(37)51(49)52-45-30-14-12-27-42(45)43-28-13-15-31-46(43)53(52)58/h1-36H;1-36H. The van der Waals surface area contributed by atoms with Crippen molar-refractivity contribution in [1.82, 2.24) is 39.0 Å². The van der Waals surface area contributed by atoms with Crippen molar-refractivity contribution in [2.24, 2.45) is 0 Å². The Kier molecular flexibility index (Phi) is 15.8. The van der Waals surface area contributed by atoms with E-state index in [2.05, 4.69) is 434 Å². The SMILES string of the molecule is c1ccc(-c2nc(-c3cccc4c5ccccc5n(-c5ccccc5)c34)nc(C3(c4ccccc4)c4ccc5ccccc5c4-c4c3c3ccccc3c3ccccc43)n2)cc1.c1ccc(-c2nc(-n3c4ccc5ccccc5c4c4c5ccccc5ccc43)nc(C3(c4ccccc4)c4ccc5ccccc5c4-c4c3c3ccccc3c3ccccc43)n2)cc1. The van der Waals surface area contributed by atoms with Crippen LogP contribution in [-0.2, 0) is 10.8 Å². The van der Waals surface area contributed by atoms with Crippen LogP contribution in [0.5, 0.6) is 0 Å². The topological polar surface area (TPSA) is 87.2 Å². The Morgan fingerprint density at radius 2 is 0.548 bits per heavy atom. The maximum absolute atomic E-state index is 5.90. The lowest BCUT2D eigenvalue weighted by Gasteiger charge is -2.33. The highest BCUT2D eigenvalue weighted by molar-refractivity contribution is 6.29. The van der Waals surface area contributed by atoms with E-state index in [0.29, 0.717) is 35.1 Å². The van der Waals surface area contributed by atoms with Gasteiger partial charge in [-0.25, -0.2) is 19.9 Å². The van der Waals surface area contributed by atoms with Crippen LogP contribution in [0.4, 0.5) is 0 Å². The maximum Gasteiger partial charge on any atom is 0.238 e. The monoisotopic (exact) mass is 1600 g/mol. The summed E-state index contributed by atoms with van der Waals surface area (Å²) in [4.78, 5) is 34.2. The second-order valence-corrected chi connectivity index (χ2v) is 33.2. The van der Waals surface area contributed by atoms with Crippen LogP contribution in [-0.4, -0.2) is 39.0 Å². The van der Waals surface area contributed by atoms with Gasteiger partial charge in [0.2, 0.25) is 5.95 Å². The predicted octanol–water partition coefficient (Wildman–Crippen LogP) is 28.9. The number of fused-ring (bicyclic) bond motifs is 30. The molecule has 8 heteroatoms. The van der Waals surface area contributed by atoms with Crippen molar-refractivity contribution >= 4 is 130 Å². The molecule has 2 atom stereocenters. The van der Waals surface area contributed by atoms with E-state index >= 15 is 0 Å². The lowest BCUT2D eigenvalue weighted by atomic mass is 9.70. The van der Waals surface area contributed by atoms with Crippen molar-refractivity contribution in [2.75, 3.05) is 0 Å². The van der Waals surface area contributed by atoms with Gasteiger partial charge in [-0.2, -0.15) is 9.97 Å². The molecule has 0 radical (unpaired) electrons. The number of hydrogen-bond donors (Lipinski definition) is 0. The number of para-hydroxylation sites is 3. The van der Waals surface area contributed by atoms with Gasteiger partial charge in [0.05, 0.1) is 22.1 Å². The minimum Gasteiger partial charge on any atom is -0.309 e. The molecule has 2 unspecified atom stereocenters. The third-order valence-corrected chi connectivity index (χ3v) is 26.9. The Balaban J connectivity index is 0.000000134. The zero-order valence-corrected chi connectivity index (χ0v) is 68.1. The van der Waals surface area contributed by atoms with Crippen molar-refractivity contribution in [3.63, 3.8) is 0 Å². The van der Waals surface area contributed by atoms with Gasteiger partial charge in [0.1, 0.15) is 10.8 Å². The first-order chi connectivity index (χ1) is 62.6. The molecule has 4 heterocycles. The molecule has 0 bridgehead atoms. The summed E-state index contributed by atoms with van der Waals surface area (Å²) in [5.74, 6) is 3.80. The number of aromatic nitrogens is 8. The first kappa shape index (κ1) is 71.1. The first-order valence-electron chi connectivity index (χ1n) is 43.2. The van der Waals surface area contributed by atoms with Crippen LogP contribution in [0.2, 0.25) is 0 Å². The summed E-state index contributed by atoms with van der Waals surface area (Å²) in [6, 6.07) is 157. The Morgan fingerprint density at radius 3 is 1.03 bits per heavy atom. The third kappa shape index (κ3) is 10.2. The van der Waals surface area contributed by atoms with Crippen LogP contribution in [0.15, 0.2) is 437 Å². The summed E-state index contributed by atoms with van der Waals surface area (Å²) in [6.07, 6.45) is 0. The summed E-state index contributed by atoms with van der Waals surface area (Å²) in [6.45, 7) is 0. The molecule has 0 spiro atoms. The van der Waals surface area contributed by atoms with E-state index in [9.17, 15) is 0 Å². The van der Waals surface area contributed by atoms with Crippen molar-refractivity contribution in [1.29, 1.82) is 0 Å². The Bertz CT molecular complexity index is 8760. The van der Waals surface area contributed by atoms with Gasteiger partial charge in [-0.1, -0.05) is 400 Å². The van der Waals surface area contributed by atoms with E-state index < -0.39 is 10.8 Å². The van der Waals surface area contributed by atoms with Crippen LogP contribution in [0.25, 0.3) is 198 Å². The van der Waals surface area contributed by atoms with E-state index in [4.69, 9.17) is 29.9 Å². The van der Waals surface area contributed by atoms with Crippen molar-refractivity contribution in [3.05, 3.63) is 482 Å². The molecule has 8 nitrogen and oxygen atoms in total.